The molecule has 1 heterocycles. The first-order valence-electron chi connectivity index (χ1n) is 6.14. The molecule has 0 bridgehead atoms. The molecule has 106 valence electrons. The fourth-order valence-electron chi connectivity index (χ4n) is 1.79. The summed E-state index contributed by atoms with van der Waals surface area (Å²) in [4.78, 5) is 11.9. The molecule has 1 unspecified atom stereocenters. The van der Waals surface area contributed by atoms with Crippen molar-refractivity contribution in [3.8, 4) is 0 Å². The van der Waals surface area contributed by atoms with Crippen LogP contribution in [0.5, 0.6) is 0 Å². The van der Waals surface area contributed by atoms with Crippen molar-refractivity contribution in [2.24, 2.45) is 7.05 Å². The second-order valence-electron chi connectivity index (χ2n) is 4.84. The fraction of sp³-hybridized carbons (Fsp3) is 0.286. The van der Waals surface area contributed by atoms with Crippen molar-refractivity contribution in [1.82, 2.24) is 15.1 Å². The van der Waals surface area contributed by atoms with Gasteiger partial charge in [0.25, 0.3) is 5.91 Å². The number of hydrogen-bond donors (Lipinski definition) is 2. The lowest BCUT2D eigenvalue weighted by atomic mass is 9.99. The highest BCUT2D eigenvalue weighted by Crippen LogP contribution is 2.18. The summed E-state index contributed by atoms with van der Waals surface area (Å²) in [7, 11) is 1.73. The normalized spacial score (nSPS) is 13.8. The summed E-state index contributed by atoms with van der Waals surface area (Å²) in [5.41, 5.74) is -0.738. The molecule has 20 heavy (non-hydrogen) atoms. The van der Waals surface area contributed by atoms with E-state index in [1.807, 2.05) is 0 Å². The third-order valence-electron chi connectivity index (χ3n) is 3.04. The van der Waals surface area contributed by atoms with Gasteiger partial charge in [0, 0.05) is 18.8 Å². The number of amides is 1. The average Bonchev–Trinajstić information content (AvgIpc) is 2.84. The van der Waals surface area contributed by atoms with E-state index in [0.29, 0.717) is 5.56 Å². The van der Waals surface area contributed by atoms with Crippen molar-refractivity contribution in [3.63, 3.8) is 0 Å². The Bertz CT molecular complexity index is 622. The van der Waals surface area contributed by atoms with Crippen LogP contribution in [-0.2, 0) is 12.6 Å². The average molecular weight is 277 g/mol. The van der Waals surface area contributed by atoms with Gasteiger partial charge in [-0.3, -0.25) is 9.48 Å². The van der Waals surface area contributed by atoms with E-state index in [9.17, 15) is 14.3 Å². The van der Waals surface area contributed by atoms with Crippen LogP contribution in [0.25, 0.3) is 0 Å². The van der Waals surface area contributed by atoms with Crippen LogP contribution >= 0.6 is 0 Å². The van der Waals surface area contributed by atoms with Crippen molar-refractivity contribution >= 4 is 5.91 Å². The van der Waals surface area contributed by atoms with Crippen LogP contribution in [0.3, 0.4) is 0 Å². The SMILES string of the molecule is Cn1cc(C(C)(O)CNC(=O)c2ccccc2F)cn1. The molecular formula is C14H16FN3O2. The van der Waals surface area contributed by atoms with E-state index in [-0.39, 0.29) is 12.1 Å². The van der Waals surface area contributed by atoms with Crippen molar-refractivity contribution in [2.45, 2.75) is 12.5 Å². The minimum atomic E-state index is -1.27. The molecule has 1 amide bonds. The Hall–Kier alpha value is -2.21. The number of rotatable bonds is 4. The van der Waals surface area contributed by atoms with Crippen molar-refractivity contribution in [2.75, 3.05) is 6.54 Å². The molecule has 0 spiro atoms. The summed E-state index contributed by atoms with van der Waals surface area (Å²) >= 11 is 0. The Morgan fingerprint density at radius 1 is 1.50 bits per heavy atom. The standard InChI is InChI=1S/C14H16FN3O2/c1-14(20,10-7-17-18(2)8-10)9-16-13(19)11-5-3-4-6-12(11)15/h3-8,20H,9H2,1-2H3,(H,16,19). The lowest BCUT2D eigenvalue weighted by molar-refractivity contribution is 0.0524. The highest BCUT2D eigenvalue weighted by molar-refractivity contribution is 5.94. The van der Waals surface area contributed by atoms with Gasteiger partial charge in [-0.1, -0.05) is 12.1 Å². The zero-order chi connectivity index (χ0) is 14.8. The van der Waals surface area contributed by atoms with Gasteiger partial charge in [0.2, 0.25) is 0 Å². The summed E-state index contributed by atoms with van der Waals surface area (Å²) in [6.07, 6.45) is 3.19. The lowest BCUT2D eigenvalue weighted by Crippen LogP contribution is -2.38. The number of aromatic nitrogens is 2. The number of halogens is 1. The summed E-state index contributed by atoms with van der Waals surface area (Å²) in [6, 6.07) is 5.70. The molecule has 0 saturated carbocycles. The fourth-order valence-corrected chi connectivity index (χ4v) is 1.79. The number of aryl methyl sites for hydroxylation is 1. The number of carbonyl (C=O) groups is 1. The smallest absolute Gasteiger partial charge is 0.254 e. The van der Waals surface area contributed by atoms with E-state index in [2.05, 4.69) is 10.4 Å². The highest BCUT2D eigenvalue weighted by Gasteiger charge is 2.26. The van der Waals surface area contributed by atoms with Gasteiger partial charge in [-0.25, -0.2) is 4.39 Å². The van der Waals surface area contributed by atoms with Crippen LogP contribution in [0.2, 0.25) is 0 Å². The topological polar surface area (TPSA) is 67.2 Å². The van der Waals surface area contributed by atoms with Gasteiger partial charge >= 0.3 is 0 Å². The molecule has 0 aliphatic rings. The molecule has 0 saturated heterocycles. The maximum Gasteiger partial charge on any atom is 0.254 e. The number of nitrogens with zero attached hydrogens (tertiary/aromatic N) is 2. The van der Waals surface area contributed by atoms with Crippen LogP contribution in [-0.4, -0.2) is 27.3 Å². The van der Waals surface area contributed by atoms with Crippen LogP contribution in [0.15, 0.2) is 36.7 Å². The second-order valence-corrected chi connectivity index (χ2v) is 4.84. The number of nitrogens with one attached hydrogen (secondary N) is 1. The summed E-state index contributed by atoms with van der Waals surface area (Å²) in [5, 5.41) is 16.8. The van der Waals surface area contributed by atoms with Crippen LogP contribution in [0, 0.1) is 5.82 Å². The van der Waals surface area contributed by atoms with Gasteiger partial charge in [0.1, 0.15) is 11.4 Å². The predicted octanol–water partition coefficient (Wildman–Crippen LogP) is 1.20. The molecule has 1 atom stereocenters. The molecule has 0 radical (unpaired) electrons. The Morgan fingerprint density at radius 2 is 2.20 bits per heavy atom. The van der Waals surface area contributed by atoms with Gasteiger partial charge in [-0.15, -0.1) is 0 Å². The first kappa shape index (κ1) is 14.2. The minimum Gasteiger partial charge on any atom is -0.383 e. The summed E-state index contributed by atoms with van der Waals surface area (Å²) in [5.74, 6) is -1.15. The maximum absolute atomic E-state index is 13.4. The summed E-state index contributed by atoms with van der Waals surface area (Å²) in [6.45, 7) is 1.53. The monoisotopic (exact) mass is 277 g/mol. The molecular weight excluding hydrogens is 261 g/mol. The van der Waals surface area contributed by atoms with E-state index in [4.69, 9.17) is 0 Å². The van der Waals surface area contributed by atoms with Gasteiger partial charge in [-0.05, 0) is 19.1 Å². The van der Waals surface area contributed by atoms with E-state index in [0.717, 1.165) is 0 Å². The van der Waals surface area contributed by atoms with Gasteiger partial charge in [0.15, 0.2) is 0 Å². The Morgan fingerprint density at radius 3 is 2.80 bits per heavy atom. The molecule has 2 rings (SSSR count). The molecule has 0 aliphatic carbocycles. The molecule has 0 aliphatic heterocycles. The molecule has 1 aromatic heterocycles. The Balaban J connectivity index is 2.05. The maximum atomic E-state index is 13.4. The van der Waals surface area contributed by atoms with E-state index in [1.165, 1.54) is 24.4 Å². The Kier molecular flexibility index (Phi) is 3.85. The van der Waals surface area contributed by atoms with E-state index in [1.54, 1.807) is 30.9 Å². The molecule has 1 aromatic carbocycles. The lowest BCUT2D eigenvalue weighted by Gasteiger charge is -2.22. The van der Waals surface area contributed by atoms with Crippen LogP contribution in [0.1, 0.15) is 22.8 Å². The Labute approximate surface area is 116 Å². The first-order valence-corrected chi connectivity index (χ1v) is 6.14. The number of carbonyl (C=O) groups excluding carboxylic acids is 1. The summed E-state index contributed by atoms with van der Waals surface area (Å²) < 4.78 is 15.0. The highest BCUT2D eigenvalue weighted by atomic mass is 19.1. The largest absolute Gasteiger partial charge is 0.383 e. The quantitative estimate of drug-likeness (QED) is 0.882. The molecule has 2 aromatic rings. The van der Waals surface area contributed by atoms with Crippen LogP contribution in [0.4, 0.5) is 4.39 Å². The predicted molar refractivity (Wildman–Crippen MR) is 71.5 cm³/mol. The number of hydrogen-bond acceptors (Lipinski definition) is 3. The van der Waals surface area contributed by atoms with Crippen LogP contribution < -0.4 is 5.32 Å². The number of aliphatic hydroxyl groups is 1. The van der Waals surface area contributed by atoms with Crippen molar-refractivity contribution < 1.29 is 14.3 Å². The molecule has 6 heteroatoms. The van der Waals surface area contributed by atoms with Gasteiger partial charge < -0.3 is 10.4 Å². The minimum absolute atomic E-state index is 0.0359. The molecule has 2 N–H and O–H groups in total. The zero-order valence-corrected chi connectivity index (χ0v) is 11.3. The molecule has 0 fully saturated rings. The van der Waals surface area contributed by atoms with Gasteiger partial charge in [0.05, 0.1) is 18.3 Å². The number of benzene rings is 1. The van der Waals surface area contributed by atoms with E-state index < -0.39 is 17.3 Å². The van der Waals surface area contributed by atoms with Crippen molar-refractivity contribution in [3.05, 3.63) is 53.6 Å². The van der Waals surface area contributed by atoms with E-state index >= 15 is 0 Å². The zero-order valence-electron chi connectivity index (χ0n) is 11.3. The second kappa shape index (κ2) is 5.42. The van der Waals surface area contributed by atoms with Gasteiger partial charge in [-0.2, -0.15) is 5.10 Å². The third kappa shape index (κ3) is 3.03. The molecule has 5 nitrogen and oxygen atoms in total. The first-order chi connectivity index (χ1) is 9.40. The third-order valence-corrected chi connectivity index (χ3v) is 3.04. The van der Waals surface area contributed by atoms with Crippen molar-refractivity contribution in [1.29, 1.82) is 0 Å².